The second-order valence-electron chi connectivity index (χ2n) is 5.40. The van der Waals surface area contributed by atoms with E-state index in [0.717, 1.165) is 28.8 Å². The molecule has 2 aromatic heterocycles. The predicted octanol–water partition coefficient (Wildman–Crippen LogP) is 2.95. The molecule has 0 aliphatic heterocycles. The molecule has 3 N–H and O–H groups in total. The summed E-state index contributed by atoms with van der Waals surface area (Å²) in [7, 11) is 0. The number of anilines is 1. The standard InChI is InChI=1S/C16H19N5O/c1-4-10-5-6-11(22-9(2)3)7-12(10)14-13-15(17)18-8-19-16(13)21-20-14/h5-9H,4H2,1-3H3,(H3,17,18,19,20,21). The van der Waals surface area contributed by atoms with Gasteiger partial charge in [0.25, 0.3) is 0 Å². The van der Waals surface area contributed by atoms with Gasteiger partial charge < -0.3 is 10.5 Å². The lowest BCUT2D eigenvalue weighted by atomic mass is 10.0. The molecule has 0 bridgehead atoms. The van der Waals surface area contributed by atoms with E-state index in [1.165, 1.54) is 11.9 Å². The Kier molecular flexibility index (Phi) is 3.66. The van der Waals surface area contributed by atoms with E-state index in [2.05, 4.69) is 33.2 Å². The summed E-state index contributed by atoms with van der Waals surface area (Å²) in [4.78, 5) is 8.22. The van der Waals surface area contributed by atoms with Gasteiger partial charge in [0.2, 0.25) is 0 Å². The van der Waals surface area contributed by atoms with Gasteiger partial charge in [-0.15, -0.1) is 0 Å². The number of nitrogens with one attached hydrogen (secondary N) is 1. The Balaban J connectivity index is 2.20. The minimum absolute atomic E-state index is 0.118. The Labute approximate surface area is 128 Å². The first-order chi connectivity index (χ1) is 10.6. The molecule has 0 unspecified atom stereocenters. The zero-order valence-corrected chi connectivity index (χ0v) is 12.9. The molecule has 0 aliphatic rings. The molecule has 0 saturated carbocycles. The minimum Gasteiger partial charge on any atom is -0.491 e. The van der Waals surface area contributed by atoms with Crippen molar-refractivity contribution in [3.8, 4) is 17.0 Å². The molecule has 6 heteroatoms. The van der Waals surface area contributed by atoms with Gasteiger partial charge in [-0.2, -0.15) is 5.10 Å². The molecule has 3 aromatic rings. The van der Waals surface area contributed by atoms with Crippen LogP contribution in [0.3, 0.4) is 0 Å². The summed E-state index contributed by atoms with van der Waals surface area (Å²) in [6, 6.07) is 6.07. The SMILES string of the molecule is CCc1ccc(OC(C)C)cc1-c1[nH]nc2ncnc(N)c12. The third-order valence-corrected chi connectivity index (χ3v) is 3.48. The normalized spacial score (nSPS) is 11.3. The molecule has 0 spiro atoms. The molecule has 1 aromatic carbocycles. The summed E-state index contributed by atoms with van der Waals surface area (Å²) >= 11 is 0. The van der Waals surface area contributed by atoms with Crippen molar-refractivity contribution in [1.29, 1.82) is 0 Å². The number of benzene rings is 1. The Morgan fingerprint density at radius 1 is 1.27 bits per heavy atom. The molecule has 2 heterocycles. The van der Waals surface area contributed by atoms with Crippen molar-refractivity contribution in [2.75, 3.05) is 5.73 Å². The average Bonchev–Trinajstić information content (AvgIpc) is 2.92. The Bertz CT molecular complexity index is 809. The fourth-order valence-electron chi connectivity index (χ4n) is 2.52. The maximum Gasteiger partial charge on any atom is 0.186 e. The molecule has 0 aliphatic carbocycles. The number of hydrogen-bond acceptors (Lipinski definition) is 5. The number of nitrogens with zero attached hydrogens (tertiary/aromatic N) is 3. The number of aromatic nitrogens is 4. The molecule has 114 valence electrons. The van der Waals surface area contributed by atoms with Gasteiger partial charge in [0.15, 0.2) is 5.65 Å². The summed E-state index contributed by atoms with van der Waals surface area (Å²) in [6.07, 6.45) is 2.43. The highest BCUT2D eigenvalue weighted by atomic mass is 16.5. The molecule has 0 fully saturated rings. The van der Waals surface area contributed by atoms with Crippen molar-refractivity contribution in [3.05, 3.63) is 30.1 Å². The van der Waals surface area contributed by atoms with Crippen LogP contribution in [0, 0.1) is 0 Å². The number of aromatic amines is 1. The number of nitrogens with two attached hydrogens (primary N) is 1. The molecule has 0 atom stereocenters. The second kappa shape index (κ2) is 5.63. The number of H-pyrrole nitrogens is 1. The van der Waals surface area contributed by atoms with Gasteiger partial charge in [-0.25, -0.2) is 9.97 Å². The molecule has 6 nitrogen and oxygen atoms in total. The second-order valence-corrected chi connectivity index (χ2v) is 5.40. The van der Waals surface area contributed by atoms with Crippen molar-refractivity contribution in [3.63, 3.8) is 0 Å². The molecular formula is C16H19N5O. The fourth-order valence-corrected chi connectivity index (χ4v) is 2.52. The van der Waals surface area contributed by atoms with Crippen molar-refractivity contribution in [2.24, 2.45) is 0 Å². The van der Waals surface area contributed by atoms with E-state index in [9.17, 15) is 0 Å². The zero-order chi connectivity index (χ0) is 15.7. The zero-order valence-electron chi connectivity index (χ0n) is 12.9. The number of rotatable bonds is 4. The number of ether oxygens (including phenoxy) is 1. The Morgan fingerprint density at radius 2 is 2.09 bits per heavy atom. The topological polar surface area (TPSA) is 89.7 Å². The Hall–Kier alpha value is -2.63. The van der Waals surface area contributed by atoms with Crippen LogP contribution >= 0.6 is 0 Å². The van der Waals surface area contributed by atoms with Crippen LogP contribution in [0.25, 0.3) is 22.3 Å². The molecule has 0 radical (unpaired) electrons. The van der Waals surface area contributed by atoms with E-state index in [0.29, 0.717) is 11.5 Å². The van der Waals surface area contributed by atoms with Gasteiger partial charge in [0, 0.05) is 5.56 Å². The summed E-state index contributed by atoms with van der Waals surface area (Å²) in [5.74, 6) is 1.24. The van der Waals surface area contributed by atoms with Gasteiger partial charge >= 0.3 is 0 Å². The van der Waals surface area contributed by atoms with Crippen LogP contribution in [0.1, 0.15) is 26.3 Å². The van der Waals surface area contributed by atoms with Crippen LogP contribution < -0.4 is 10.5 Å². The van der Waals surface area contributed by atoms with Gasteiger partial charge in [0.1, 0.15) is 17.9 Å². The maximum absolute atomic E-state index is 6.01. The largest absolute Gasteiger partial charge is 0.491 e. The van der Waals surface area contributed by atoms with Gasteiger partial charge in [-0.05, 0) is 38.0 Å². The van der Waals surface area contributed by atoms with Crippen molar-refractivity contribution < 1.29 is 4.74 Å². The summed E-state index contributed by atoms with van der Waals surface area (Å²) in [6.45, 7) is 6.12. The minimum atomic E-state index is 0.118. The number of aryl methyl sites for hydroxylation is 1. The van der Waals surface area contributed by atoms with E-state index >= 15 is 0 Å². The van der Waals surface area contributed by atoms with Crippen LogP contribution in [-0.2, 0) is 6.42 Å². The van der Waals surface area contributed by atoms with E-state index < -0.39 is 0 Å². The van der Waals surface area contributed by atoms with E-state index in [4.69, 9.17) is 10.5 Å². The van der Waals surface area contributed by atoms with Gasteiger partial charge in [-0.3, -0.25) is 5.10 Å². The van der Waals surface area contributed by atoms with E-state index in [-0.39, 0.29) is 6.10 Å². The molecule has 3 rings (SSSR count). The first-order valence-corrected chi connectivity index (χ1v) is 7.34. The van der Waals surface area contributed by atoms with Gasteiger partial charge in [-0.1, -0.05) is 13.0 Å². The fraction of sp³-hybridized carbons (Fsp3) is 0.312. The van der Waals surface area contributed by atoms with Crippen molar-refractivity contribution >= 4 is 16.9 Å². The van der Waals surface area contributed by atoms with Crippen LogP contribution in [0.5, 0.6) is 5.75 Å². The third kappa shape index (κ3) is 2.47. The molecule has 0 saturated heterocycles. The van der Waals surface area contributed by atoms with Crippen molar-refractivity contribution in [2.45, 2.75) is 33.3 Å². The van der Waals surface area contributed by atoms with Crippen LogP contribution in [-0.4, -0.2) is 26.3 Å². The number of fused-ring (bicyclic) bond motifs is 1. The first kappa shape index (κ1) is 14.3. The predicted molar refractivity (Wildman–Crippen MR) is 86.7 cm³/mol. The lowest BCUT2D eigenvalue weighted by molar-refractivity contribution is 0.242. The van der Waals surface area contributed by atoms with Crippen molar-refractivity contribution in [1.82, 2.24) is 20.2 Å². The first-order valence-electron chi connectivity index (χ1n) is 7.34. The molecule has 0 amide bonds. The van der Waals surface area contributed by atoms with Crippen LogP contribution in [0.15, 0.2) is 24.5 Å². The van der Waals surface area contributed by atoms with E-state index in [1.54, 1.807) is 0 Å². The van der Waals surface area contributed by atoms with E-state index in [1.807, 2.05) is 26.0 Å². The highest BCUT2D eigenvalue weighted by molar-refractivity contribution is 5.98. The lowest BCUT2D eigenvalue weighted by Crippen LogP contribution is -2.06. The Morgan fingerprint density at radius 3 is 2.82 bits per heavy atom. The van der Waals surface area contributed by atoms with Crippen LogP contribution in [0.4, 0.5) is 5.82 Å². The monoisotopic (exact) mass is 297 g/mol. The third-order valence-electron chi connectivity index (χ3n) is 3.48. The summed E-state index contributed by atoms with van der Waals surface area (Å²) < 4.78 is 5.80. The van der Waals surface area contributed by atoms with Gasteiger partial charge in [0.05, 0.1) is 17.2 Å². The smallest absolute Gasteiger partial charge is 0.186 e. The average molecular weight is 297 g/mol. The number of hydrogen-bond donors (Lipinski definition) is 2. The summed E-state index contributed by atoms with van der Waals surface area (Å²) in [5, 5.41) is 8.01. The lowest BCUT2D eigenvalue weighted by Gasteiger charge is -2.13. The molecular weight excluding hydrogens is 278 g/mol. The highest BCUT2D eigenvalue weighted by Crippen LogP contribution is 2.33. The highest BCUT2D eigenvalue weighted by Gasteiger charge is 2.16. The van der Waals surface area contributed by atoms with Crippen LogP contribution in [0.2, 0.25) is 0 Å². The quantitative estimate of drug-likeness (QED) is 0.772. The number of nitrogen functional groups attached to an aromatic ring is 1. The maximum atomic E-state index is 6.01. The molecule has 22 heavy (non-hydrogen) atoms. The summed E-state index contributed by atoms with van der Waals surface area (Å²) in [5.41, 5.74) is 9.61.